The van der Waals surface area contributed by atoms with E-state index in [0.29, 0.717) is 11.4 Å². The minimum atomic E-state index is -0.904. The van der Waals surface area contributed by atoms with E-state index in [1.165, 1.54) is 4.90 Å². The quantitative estimate of drug-likeness (QED) is 0.826. The molecule has 5 heteroatoms. The standard InChI is InChI=1S/C21H22ClN3O/c1-20(2)9-10-21(18(26)25(3)19(23)24-21)17-12-14(7-8-16(17)20)13-5-4-6-15(22)11-13/h4-8,11-12H,9-10H2,1-3H3,(H2,23,24). The van der Waals surface area contributed by atoms with E-state index in [4.69, 9.17) is 17.3 Å². The van der Waals surface area contributed by atoms with Gasteiger partial charge in [0.15, 0.2) is 11.5 Å². The molecule has 2 aromatic rings. The Kier molecular flexibility index (Phi) is 3.67. The number of rotatable bonds is 1. The number of likely N-dealkylation sites (N-methyl/N-ethyl adjacent to an activating group) is 1. The van der Waals surface area contributed by atoms with Crippen molar-refractivity contribution in [2.24, 2.45) is 10.7 Å². The predicted molar refractivity (Wildman–Crippen MR) is 105 cm³/mol. The number of halogens is 1. The molecule has 2 aromatic carbocycles. The third kappa shape index (κ3) is 2.36. The molecule has 1 heterocycles. The van der Waals surface area contributed by atoms with Gasteiger partial charge in [0.05, 0.1) is 0 Å². The second-order valence-corrected chi connectivity index (χ2v) is 8.29. The molecule has 26 heavy (non-hydrogen) atoms. The summed E-state index contributed by atoms with van der Waals surface area (Å²) in [6.45, 7) is 4.43. The SMILES string of the molecule is CN1C(=O)C2(CCC(C)(C)c3ccc(-c4cccc(Cl)c4)cc32)N=C1N. The highest BCUT2D eigenvalue weighted by Crippen LogP contribution is 2.50. The van der Waals surface area contributed by atoms with Gasteiger partial charge >= 0.3 is 0 Å². The van der Waals surface area contributed by atoms with Gasteiger partial charge in [-0.15, -0.1) is 0 Å². The first-order valence-corrected chi connectivity index (χ1v) is 9.17. The van der Waals surface area contributed by atoms with Gasteiger partial charge in [-0.25, -0.2) is 4.99 Å². The van der Waals surface area contributed by atoms with Crippen molar-refractivity contribution >= 4 is 23.5 Å². The summed E-state index contributed by atoms with van der Waals surface area (Å²) in [5, 5.41) is 0.689. The zero-order chi connectivity index (χ0) is 18.7. The third-order valence-corrected chi connectivity index (χ3v) is 6.01. The van der Waals surface area contributed by atoms with Crippen molar-refractivity contribution in [1.82, 2.24) is 4.90 Å². The fraction of sp³-hybridized carbons (Fsp3) is 0.333. The van der Waals surface area contributed by atoms with E-state index in [-0.39, 0.29) is 17.3 Å². The van der Waals surface area contributed by atoms with Gasteiger partial charge < -0.3 is 5.73 Å². The van der Waals surface area contributed by atoms with E-state index in [9.17, 15) is 4.79 Å². The van der Waals surface area contributed by atoms with Crippen molar-refractivity contribution in [1.29, 1.82) is 0 Å². The average Bonchev–Trinajstić information content (AvgIpc) is 2.83. The van der Waals surface area contributed by atoms with Crippen LogP contribution in [0.2, 0.25) is 5.02 Å². The smallest absolute Gasteiger partial charge is 0.261 e. The summed E-state index contributed by atoms with van der Waals surface area (Å²) in [6.07, 6.45) is 1.54. The fourth-order valence-corrected chi connectivity index (χ4v) is 4.32. The molecule has 1 unspecified atom stereocenters. The second kappa shape index (κ2) is 5.58. The zero-order valence-corrected chi connectivity index (χ0v) is 16.0. The summed E-state index contributed by atoms with van der Waals surface area (Å²) in [5.41, 5.74) is 9.26. The molecule has 1 aliphatic carbocycles. The van der Waals surface area contributed by atoms with Crippen LogP contribution in [0.25, 0.3) is 11.1 Å². The Labute approximate surface area is 158 Å². The maximum Gasteiger partial charge on any atom is 0.261 e. The van der Waals surface area contributed by atoms with Crippen LogP contribution in [0.1, 0.15) is 37.8 Å². The number of nitrogens with zero attached hydrogens (tertiary/aromatic N) is 2. The van der Waals surface area contributed by atoms with Crippen LogP contribution in [-0.4, -0.2) is 23.8 Å². The summed E-state index contributed by atoms with van der Waals surface area (Å²) in [4.78, 5) is 19.2. The lowest BCUT2D eigenvalue weighted by Crippen LogP contribution is -2.44. The molecule has 1 aliphatic heterocycles. The predicted octanol–water partition coefficient (Wildman–Crippen LogP) is 4.06. The maximum absolute atomic E-state index is 13.1. The molecule has 2 N–H and O–H groups in total. The number of amides is 1. The Morgan fingerprint density at radius 2 is 1.81 bits per heavy atom. The van der Waals surface area contributed by atoms with Crippen LogP contribution in [0.3, 0.4) is 0 Å². The Morgan fingerprint density at radius 3 is 2.46 bits per heavy atom. The molecule has 0 radical (unpaired) electrons. The van der Waals surface area contributed by atoms with Crippen LogP contribution < -0.4 is 5.73 Å². The van der Waals surface area contributed by atoms with E-state index in [1.54, 1.807) is 7.05 Å². The minimum absolute atomic E-state index is 0.0147. The highest BCUT2D eigenvalue weighted by atomic mass is 35.5. The van der Waals surface area contributed by atoms with Gasteiger partial charge in [-0.1, -0.05) is 49.7 Å². The van der Waals surface area contributed by atoms with Gasteiger partial charge in [-0.05, 0) is 58.7 Å². The number of hydrogen-bond acceptors (Lipinski definition) is 3. The Bertz CT molecular complexity index is 950. The lowest BCUT2D eigenvalue weighted by molar-refractivity contribution is -0.131. The van der Waals surface area contributed by atoms with Gasteiger partial charge in [0, 0.05) is 12.1 Å². The Hall–Kier alpha value is -2.33. The first kappa shape index (κ1) is 17.1. The molecular formula is C21H22ClN3O. The Morgan fingerprint density at radius 1 is 1.08 bits per heavy atom. The van der Waals surface area contributed by atoms with Crippen LogP contribution in [0.5, 0.6) is 0 Å². The lowest BCUT2D eigenvalue weighted by atomic mass is 9.65. The van der Waals surface area contributed by atoms with Gasteiger partial charge in [0.1, 0.15) is 0 Å². The molecule has 4 nitrogen and oxygen atoms in total. The van der Waals surface area contributed by atoms with Gasteiger partial charge in [0.2, 0.25) is 0 Å². The van der Waals surface area contributed by atoms with E-state index >= 15 is 0 Å². The van der Waals surface area contributed by atoms with Crippen molar-refractivity contribution in [2.45, 2.75) is 37.6 Å². The molecule has 134 valence electrons. The van der Waals surface area contributed by atoms with Crippen LogP contribution in [-0.2, 0) is 15.7 Å². The number of carbonyl (C=O) groups is 1. The maximum atomic E-state index is 13.1. The van der Waals surface area contributed by atoms with E-state index in [2.05, 4.69) is 37.0 Å². The molecule has 0 fully saturated rings. The number of benzene rings is 2. The van der Waals surface area contributed by atoms with Crippen molar-refractivity contribution in [3.63, 3.8) is 0 Å². The molecule has 0 bridgehead atoms. The molecule has 4 rings (SSSR count). The summed E-state index contributed by atoms with van der Waals surface area (Å²) in [6, 6.07) is 14.1. The van der Waals surface area contributed by atoms with E-state index < -0.39 is 5.54 Å². The van der Waals surface area contributed by atoms with E-state index in [1.807, 2.05) is 24.3 Å². The molecule has 0 saturated heterocycles. The molecule has 1 atom stereocenters. The van der Waals surface area contributed by atoms with Crippen molar-refractivity contribution in [2.75, 3.05) is 7.05 Å². The summed E-state index contributed by atoms with van der Waals surface area (Å²) in [5.74, 6) is 0.240. The van der Waals surface area contributed by atoms with Crippen molar-refractivity contribution in [3.8, 4) is 11.1 Å². The molecule has 0 saturated carbocycles. The monoisotopic (exact) mass is 367 g/mol. The van der Waals surface area contributed by atoms with Crippen LogP contribution >= 0.6 is 11.6 Å². The van der Waals surface area contributed by atoms with Crippen LogP contribution in [0.4, 0.5) is 0 Å². The van der Waals surface area contributed by atoms with Crippen LogP contribution in [0.15, 0.2) is 47.5 Å². The zero-order valence-electron chi connectivity index (χ0n) is 15.2. The summed E-state index contributed by atoms with van der Waals surface area (Å²) in [7, 11) is 1.69. The largest absolute Gasteiger partial charge is 0.369 e. The highest BCUT2D eigenvalue weighted by molar-refractivity contribution is 6.30. The van der Waals surface area contributed by atoms with Gasteiger partial charge in [-0.3, -0.25) is 9.69 Å². The summed E-state index contributed by atoms with van der Waals surface area (Å²) < 4.78 is 0. The number of hydrogen-bond donors (Lipinski definition) is 1. The highest BCUT2D eigenvalue weighted by Gasteiger charge is 2.53. The number of aliphatic imine (C=N–C) groups is 1. The van der Waals surface area contributed by atoms with Crippen molar-refractivity contribution in [3.05, 3.63) is 58.6 Å². The third-order valence-electron chi connectivity index (χ3n) is 5.77. The normalized spacial score (nSPS) is 23.9. The summed E-state index contributed by atoms with van der Waals surface area (Å²) >= 11 is 6.17. The second-order valence-electron chi connectivity index (χ2n) is 7.85. The Balaban J connectivity index is 1.95. The first-order valence-electron chi connectivity index (χ1n) is 8.79. The number of nitrogens with two attached hydrogens (primary N) is 1. The molecule has 0 aromatic heterocycles. The van der Waals surface area contributed by atoms with Gasteiger partial charge in [-0.2, -0.15) is 0 Å². The minimum Gasteiger partial charge on any atom is -0.369 e. The van der Waals surface area contributed by atoms with Crippen molar-refractivity contribution < 1.29 is 4.79 Å². The molecule has 1 spiro atoms. The number of guanidine groups is 1. The average molecular weight is 368 g/mol. The molecular weight excluding hydrogens is 346 g/mol. The van der Waals surface area contributed by atoms with E-state index in [0.717, 1.165) is 28.7 Å². The van der Waals surface area contributed by atoms with Gasteiger partial charge in [0.25, 0.3) is 5.91 Å². The fourth-order valence-electron chi connectivity index (χ4n) is 4.13. The molecule has 2 aliphatic rings. The topological polar surface area (TPSA) is 58.7 Å². The number of fused-ring (bicyclic) bond motifs is 2. The number of carbonyl (C=O) groups excluding carboxylic acids is 1. The lowest BCUT2D eigenvalue weighted by Gasteiger charge is -2.40. The molecule has 1 amide bonds. The van der Waals surface area contributed by atoms with Crippen LogP contribution in [0, 0.1) is 0 Å². The first-order chi connectivity index (χ1) is 12.2.